The van der Waals surface area contributed by atoms with Crippen LogP contribution in [-0.2, 0) is 9.78 Å². The highest BCUT2D eigenvalue weighted by atomic mass is 17.2. The van der Waals surface area contributed by atoms with Crippen molar-refractivity contribution in [1.29, 1.82) is 0 Å². The van der Waals surface area contributed by atoms with Crippen LogP contribution in [0.15, 0.2) is 36.4 Å². The molecule has 0 aliphatic rings. The fourth-order valence-corrected chi connectivity index (χ4v) is 1.70. The number of carbonyl (C=O) groups is 2. The van der Waals surface area contributed by atoms with Gasteiger partial charge in [-0.2, -0.15) is 0 Å². The van der Waals surface area contributed by atoms with E-state index in [0.29, 0.717) is 11.4 Å². The average Bonchev–Trinajstić information content (AvgIpc) is 2.44. The Labute approximate surface area is 125 Å². The summed E-state index contributed by atoms with van der Waals surface area (Å²) in [5, 5.41) is 0. The van der Waals surface area contributed by atoms with Crippen LogP contribution in [0.4, 0.5) is 22.7 Å². The van der Waals surface area contributed by atoms with Gasteiger partial charge in [-0.1, -0.05) is 0 Å². The molecule has 0 saturated carbocycles. The largest absolute Gasteiger partial charge is 0.399 e. The summed E-state index contributed by atoms with van der Waals surface area (Å²) in [5.74, 6) is -1.86. The van der Waals surface area contributed by atoms with Crippen molar-refractivity contribution in [1.82, 2.24) is 0 Å². The lowest BCUT2D eigenvalue weighted by atomic mass is 10.1. The Morgan fingerprint density at radius 2 is 1.05 bits per heavy atom. The lowest BCUT2D eigenvalue weighted by molar-refractivity contribution is -0.187. The standard InChI is InChI=1S/C14H14N4O4/c15-7-1-3-9(11(17)5-7)13(19)21-22-14(20)10-4-2-8(16)6-12(10)18/h1-6H,15-18H2. The van der Waals surface area contributed by atoms with Crippen LogP contribution < -0.4 is 22.9 Å². The van der Waals surface area contributed by atoms with E-state index in [2.05, 4.69) is 9.78 Å². The first-order valence-electron chi connectivity index (χ1n) is 6.11. The highest BCUT2D eigenvalue weighted by Crippen LogP contribution is 2.19. The van der Waals surface area contributed by atoms with Crippen molar-refractivity contribution in [2.45, 2.75) is 0 Å². The molecule has 22 heavy (non-hydrogen) atoms. The Bertz CT molecular complexity index is 682. The molecule has 0 bridgehead atoms. The molecule has 0 saturated heterocycles. The van der Waals surface area contributed by atoms with E-state index >= 15 is 0 Å². The summed E-state index contributed by atoms with van der Waals surface area (Å²) in [6.07, 6.45) is 0. The molecule has 0 fully saturated rings. The minimum Gasteiger partial charge on any atom is -0.399 e. The van der Waals surface area contributed by atoms with Crippen molar-refractivity contribution in [2.24, 2.45) is 0 Å². The number of nitrogen functional groups attached to an aromatic ring is 4. The number of hydrogen-bond acceptors (Lipinski definition) is 8. The minimum absolute atomic E-state index is 0.0206. The summed E-state index contributed by atoms with van der Waals surface area (Å²) in [5.41, 5.74) is 23.3. The Hall–Kier alpha value is -3.42. The third-order valence-electron chi connectivity index (χ3n) is 2.78. The summed E-state index contributed by atoms with van der Waals surface area (Å²) in [6.45, 7) is 0. The van der Waals surface area contributed by atoms with Crippen molar-refractivity contribution in [3.63, 3.8) is 0 Å². The van der Waals surface area contributed by atoms with Crippen molar-refractivity contribution in [3.8, 4) is 0 Å². The maximum absolute atomic E-state index is 11.8. The monoisotopic (exact) mass is 302 g/mol. The van der Waals surface area contributed by atoms with Gasteiger partial charge in [0.05, 0.1) is 11.1 Å². The van der Waals surface area contributed by atoms with Crippen LogP contribution in [0.25, 0.3) is 0 Å². The van der Waals surface area contributed by atoms with E-state index in [4.69, 9.17) is 22.9 Å². The molecule has 0 amide bonds. The summed E-state index contributed by atoms with van der Waals surface area (Å²) in [7, 11) is 0. The Kier molecular flexibility index (Phi) is 4.03. The zero-order valence-corrected chi connectivity index (χ0v) is 11.4. The van der Waals surface area contributed by atoms with Crippen molar-refractivity contribution in [3.05, 3.63) is 47.5 Å². The van der Waals surface area contributed by atoms with Gasteiger partial charge in [0.1, 0.15) is 0 Å². The SMILES string of the molecule is Nc1ccc(C(=O)OOC(=O)c2ccc(N)cc2N)c(N)c1. The van der Waals surface area contributed by atoms with E-state index in [-0.39, 0.29) is 22.5 Å². The van der Waals surface area contributed by atoms with Gasteiger partial charge in [0.15, 0.2) is 0 Å². The van der Waals surface area contributed by atoms with E-state index in [0.717, 1.165) is 0 Å². The molecule has 0 heterocycles. The van der Waals surface area contributed by atoms with Crippen molar-refractivity contribution in [2.75, 3.05) is 22.9 Å². The predicted octanol–water partition coefficient (Wildman–Crippen LogP) is 0.944. The van der Waals surface area contributed by atoms with E-state index in [1.807, 2.05) is 0 Å². The van der Waals surface area contributed by atoms with Gasteiger partial charge in [-0.25, -0.2) is 19.4 Å². The fourth-order valence-electron chi connectivity index (χ4n) is 1.70. The predicted molar refractivity (Wildman–Crippen MR) is 81.4 cm³/mol. The first-order valence-corrected chi connectivity index (χ1v) is 6.11. The number of hydrogen-bond donors (Lipinski definition) is 4. The molecule has 0 radical (unpaired) electrons. The molecule has 0 aliphatic heterocycles. The summed E-state index contributed by atoms with van der Waals surface area (Å²) in [4.78, 5) is 32.5. The number of rotatable bonds is 2. The first kappa shape index (κ1) is 15.0. The molecule has 8 nitrogen and oxygen atoms in total. The van der Waals surface area contributed by atoms with Gasteiger partial charge in [-0.15, -0.1) is 0 Å². The normalized spacial score (nSPS) is 10.0. The zero-order chi connectivity index (χ0) is 16.3. The first-order chi connectivity index (χ1) is 10.4. The molecular formula is C14H14N4O4. The topological polar surface area (TPSA) is 157 Å². The van der Waals surface area contributed by atoms with Gasteiger partial charge in [0.2, 0.25) is 0 Å². The van der Waals surface area contributed by atoms with Crippen LogP contribution in [0, 0.1) is 0 Å². The van der Waals surface area contributed by atoms with E-state index in [1.165, 1.54) is 36.4 Å². The van der Waals surface area contributed by atoms with E-state index < -0.39 is 11.9 Å². The van der Waals surface area contributed by atoms with Crippen LogP contribution in [0.3, 0.4) is 0 Å². The molecule has 0 unspecified atom stereocenters. The molecule has 0 aromatic heterocycles. The Morgan fingerprint density at radius 3 is 1.36 bits per heavy atom. The molecule has 0 aliphatic carbocycles. The summed E-state index contributed by atoms with van der Waals surface area (Å²) >= 11 is 0. The van der Waals surface area contributed by atoms with Crippen molar-refractivity contribution >= 4 is 34.7 Å². The molecule has 0 atom stereocenters. The quantitative estimate of drug-likeness (QED) is 0.362. The van der Waals surface area contributed by atoms with E-state index in [1.54, 1.807) is 0 Å². The van der Waals surface area contributed by atoms with Gasteiger partial charge in [-0.05, 0) is 36.4 Å². The Morgan fingerprint density at radius 1 is 0.682 bits per heavy atom. The second kappa shape index (κ2) is 5.92. The van der Waals surface area contributed by atoms with Crippen LogP contribution in [-0.4, -0.2) is 11.9 Å². The summed E-state index contributed by atoms with van der Waals surface area (Å²) in [6, 6.07) is 8.42. The molecular weight excluding hydrogens is 288 g/mol. The Balaban J connectivity index is 2.06. The molecule has 2 aromatic carbocycles. The molecule has 114 valence electrons. The van der Waals surface area contributed by atoms with Gasteiger partial charge < -0.3 is 22.9 Å². The lowest BCUT2D eigenvalue weighted by Crippen LogP contribution is -2.14. The maximum atomic E-state index is 11.8. The third kappa shape index (κ3) is 3.18. The fraction of sp³-hybridized carbons (Fsp3) is 0. The lowest BCUT2D eigenvalue weighted by Gasteiger charge is -2.07. The maximum Gasteiger partial charge on any atom is 0.388 e. The van der Waals surface area contributed by atoms with E-state index in [9.17, 15) is 9.59 Å². The molecule has 8 heteroatoms. The minimum atomic E-state index is -0.931. The molecule has 0 spiro atoms. The molecule has 2 aromatic rings. The van der Waals surface area contributed by atoms with Gasteiger partial charge in [0.25, 0.3) is 0 Å². The van der Waals surface area contributed by atoms with Crippen LogP contribution in [0.5, 0.6) is 0 Å². The number of anilines is 4. The highest BCUT2D eigenvalue weighted by Gasteiger charge is 2.18. The molecule has 2 rings (SSSR count). The number of carbonyl (C=O) groups excluding carboxylic acids is 2. The van der Waals surface area contributed by atoms with Crippen LogP contribution in [0.2, 0.25) is 0 Å². The zero-order valence-electron chi connectivity index (χ0n) is 11.4. The van der Waals surface area contributed by atoms with Crippen molar-refractivity contribution < 1.29 is 19.4 Å². The van der Waals surface area contributed by atoms with Crippen LogP contribution >= 0.6 is 0 Å². The third-order valence-corrected chi connectivity index (χ3v) is 2.78. The number of benzene rings is 2. The van der Waals surface area contributed by atoms with Gasteiger partial charge in [0, 0.05) is 22.7 Å². The summed E-state index contributed by atoms with van der Waals surface area (Å²) < 4.78 is 0. The smallest absolute Gasteiger partial charge is 0.388 e. The van der Waals surface area contributed by atoms with Gasteiger partial charge in [-0.3, -0.25) is 0 Å². The van der Waals surface area contributed by atoms with Crippen LogP contribution in [0.1, 0.15) is 20.7 Å². The van der Waals surface area contributed by atoms with Gasteiger partial charge >= 0.3 is 11.9 Å². The second-order valence-corrected chi connectivity index (χ2v) is 4.43. The highest BCUT2D eigenvalue weighted by molar-refractivity contribution is 5.98. The second-order valence-electron chi connectivity index (χ2n) is 4.43. The number of nitrogens with two attached hydrogens (primary N) is 4. The average molecular weight is 302 g/mol. The molecule has 8 N–H and O–H groups in total.